The van der Waals surface area contributed by atoms with Gasteiger partial charge in [-0.3, -0.25) is 4.79 Å². The van der Waals surface area contributed by atoms with Gasteiger partial charge in [-0.1, -0.05) is 0 Å². The minimum Gasteiger partial charge on any atom is -0.461 e. The molecule has 4 nitrogen and oxygen atoms in total. The molecule has 1 unspecified atom stereocenters. The summed E-state index contributed by atoms with van der Waals surface area (Å²) in [7, 11) is 0. The van der Waals surface area contributed by atoms with Crippen LogP contribution >= 0.6 is 0 Å². The fourth-order valence-corrected chi connectivity index (χ4v) is 1.03. The first-order valence-corrected chi connectivity index (χ1v) is 4.76. The van der Waals surface area contributed by atoms with Crippen LogP contribution in [-0.2, 0) is 14.3 Å². The van der Waals surface area contributed by atoms with Crippen molar-refractivity contribution in [3.63, 3.8) is 0 Å². The summed E-state index contributed by atoms with van der Waals surface area (Å²) < 4.78 is 34.6. The summed E-state index contributed by atoms with van der Waals surface area (Å²) >= 11 is 0. The van der Waals surface area contributed by atoms with E-state index in [9.17, 15) is 18.4 Å². The Labute approximate surface area is 96.1 Å². The number of hydrogen-bond acceptors (Lipinski definition) is 4. The van der Waals surface area contributed by atoms with Gasteiger partial charge in [0, 0.05) is 0 Å². The van der Waals surface area contributed by atoms with Crippen molar-refractivity contribution in [3.05, 3.63) is 35.4 Å². The molecule has 17 heavy (non-hydrogen) atoms. The highest BCUT2D eigenvalue weighted by molar-refractivity contribution is 5.89. The van der Waals surface area contributed by atoms with Crippen LogP contribution in [0.3, 0.4) is 0 Å². The van der Waals surface area contributed by atoms with Crippen molar-refractivity contribution < 1.29 is 27.8 Å². The molecule has 0 aliphatic rings. The molecule has 0 saturated carbocycles. The second kappa shape index (κ2) is 5.93. The molecule has 0 aliphatic heterocycles. The summed E-state index contributed by atoms with van der Waals surface area (Å²) in [6.45, 7) is 1.60. The second-order valence-electron chi connectivity index (χ2n) is 3.27. The lowest BCUT2D eigenvalue weighted by molar-refractivity contribution is -0.134. The van der Waals surface area contributed by atoms with Crippen LogP contribution in [0.15, 0.2) is 18.2 Å². The first-order chi connectivity index (χ1) is 8.04. The molecule has 0 aromatic heterocycles. The third-order valence-electron chi connectivity index (χ3n) is 1.89. The van der Waals surface area contributed by atoms with Crippen LogP contribution < -0.4 is 0 Å². The smallest absolute Gasteiger partial charge is 0.338 e. The fraction of sp³-hybridized carbons (Fsp3) is 0.273. The molecule has 0 heterocycles. The van der Waals surface area contributed by atoms with Gasteiger partial charge in [-0.15, -0.1) is 0 Å². The predicted molar refractivity (Wildman–Crippen MR) is 53.3 cm³/mol. The monoisotopic (exact) mass is 244 g/mol. The zero-order valence-corrected chi connectivity index (χ0v) is 8.98. The Balaban J connectivity index is 2.58. The Kier molecular flexibility index (Phi) is 4.56. The van der Waals surface area contributed by atoms with Crippen LogP contribution in [0.25, 0.3) is 0 Å². The van der Waals surface area contributed by atoms with E-state index in [1.807, 2.05) is 0 Å². The average Bonchev–Trinajstić information content (AvgIpc) is 2.30. The van der Waals surface area contributed by atoms with Gasteiger partial charge in [0.1, 0.15) is 12.7 Å². The summed E-state index contributed by atoms with van der Waals surface area (Å²) in [6, 6.07) is 2.67. The molecule has 0 aliphatic carbocycles. The highest BCUT2D eigenvalue weighted by atomic mass is 19.2. The topological polar surface area (TPSA) is 52.6 Å². The van der Waals surface area contributed by atoms with E-state index >= 15 is 0 Å². The quantitative estimate of drug-likeness (QED) is 0.584. The summed E-state index contributed by atoms with van der Waals surface area (Å²) in [4.78, 5) is 21.3. The number of carbonyl (C=O) groups is 2. The number of halogens is 2. The van der Waals surface area contributed by atoms with Crippen LogP contribution in [-0.4, -0.2) is 25.2 Å². The van der Waals surface area contributed by atoms with Gasteiger partial charge >= 0.3 is 5.97 Å². The van der Waals surface area contributed by atoms with Crippen molar-refractivity contribution in [3.8, 4) is 0 Å². The number of benzene rings is 1. The number of ether oxygens (including phenoxy) is 2. The second-order valence-corrected chi connectivity index (χ2v) is 3.27. The van der Waals surface area contributed by atoms with Crippen molar-refractivity contribution in [2.24, 2.45) is 0 Å². The molecule has 0 amide bonds. The van der Waals surface area contributed by atoms with E-state index in [0.717, 1.165) is 18.2 Å². The van der Waals surface area contributed by atoms with Crippen LogP contribution in [0.1, 0.15) is 17.3 Å². The van der Waals surface area contributed by atoms with Gasteiger partial charge < -0.3 is 9.47 Å². The number of esters is 1. The maximum atomic E-state index is 12.8. The minimum atomic E-state index is -1.13. The van der Waals surface area contributed by atoms with E-state index in [1.54, 1.807) is 0 Å². The number of hydrogen-bond donors (Lipinski definition) is 0. The van der Waals surface area contributed by atoms with Crippen LogP contribution in [0.2, 0.25) is 0 Å². The summed E-state index contributed by atoms with van der Waals surface area (Å²) in [5.41, 5.74) is -0.109. The first-order valence-electron chi connectivity index (χ1n) is 4.76. The van der Waals surface area contributed by atoms with Crippen molar-refractivity contribution >= 4 is 12.4 Å². The maximum Gasteiger partial charge on any atom is 0.338 e. The third kappa shape index (κ3) is 3.82. The molecule has 0 saturated heterocycles. The average molecular weight is 244 g/mol. The van der Waals surface area contributed by atoms with Gasteiger partial charge in [-0.05, 0) is 25.1 Å². The predicted octanol–water partition coefficient (Wildman–Crippen LogP) is 1.68. The first kappa shape index (κ1) is 13.1. The van der Waals surface area contributed by atoms with Gasteiger partial charge in [-0.2, -0.15) is 0 Å². The Morgan fingerprint density at radius 1 is 1.41 bits per heavy atom. The maximum absolute atomic E-state index is 12.8. The Bertz CT molecular complexity index is 420. The molecule has 0 spiro atoms. The molecule has 0 fully saturated rings. The molecule has 92 valence electrons. The molecule has 0 N–H and O–H groups in total. The Morgan fingerprint density at radius 2 is 2.12 bits per heavy atom. The summed E-state index contributed by atoms with van der Waals surface area (Å²) in [6.07, 6.45) is -0.596. The third-order valence-corrected chi connectivity index (χ3v) is 1.89. The lowest BCUT2D eigenvalue weighted by Gasteiger charge is -2.10. The van der Waals surface area contributed by atoms with Gasteiger partial charge in [0.15, 0.2) is 11.6 Å². The Hall–Kier alpha value is -1.98. The van der Waals surface area contributed by atoms with Crippen molar-refractivity contribution in [1.29, 1.82) is 0 Å². The van der Waals surface area contributed by atoms with Crippen LogP contribution in [0.5, 0.6) is 0 Å². The lowest BCUT2D eigenvalue weighted by atomic mass is 10.2. The molecule has 1 rings (SSSR count). The van der Waals surface area contributed by atoms with E-state index in [4.69, 9.17) is 4.74 Å². The minimum absolute atomic E-state index is 0.109. The molecule has 0 radical (unpaired) electrons. The van der Waals surface area contributed by atoms with Crippen LogP contribution in [0.4, 0.5) is 8.78 Å². The van der Waals surface area contributed by atoms with Crippen molar-refractivity contribution in [2.45, 2.75) is 13.0 Å². The van der Waals surface area contributed by atoms with E-state index in [2.05, 4.69) is 4.74 Å². The van der Waals surface area contributed by atoms with Crippen molar-refractivity contribution in [2.75, 3.05) is 6.61 Å². The molecule has 1 aromatic carbocycles. The van der Waals surface area contributed by atoms with Gasteiger partial charge in [0.05, 0.1) is 5.56 Å². The molecule has 1 atom stereocenters. The standard InChI is InChI=1S/C11H10F2O4/c1-7(17-6-14)5-16-11(15)8-2-3-9(12)10(13)4-8/h2-4,6-7H,5H2,1H3. The lowest BCUT2D eigenvalue weighted by Crippen LogP contribution is -2.18. The number of carbonyl (C=O) groups excluding carboxylic acids is 2. The molecular formula is C11H10F2O4. The molecule has 6 heteroatoms. The zero-order chi connectivity index (χ0) is 12.8. The van der Waals surface area contributed by atoms with E-state index in [1.165, 1.54) is 6.92 Å². The molecular weight excluding hydrogens is 234 g/mol. The summed E-state index contributed by atoms with van der Waals surface area (Å²) in [5.74, 6) is -2.99. The highest BCUT2D eigenvalue weighted by Gasteiger charge is 2.12. The summed E-state index contributed by atoms with van der Waals surface area (Å²) in [5, 5.41) is 0. The molecule has 1 aromatic rings. The normalized spacial score (nSPS) is 11.7. The highest BCUT2D eigenvalue weighted by Crippen LogP contribution is 2.10. The van der Waals surface area contributed by atoms with Crippen molar-refractivity contribution in [1.82, 2.24) is 0 Å². The number of rotatable bonds is 5. The van der Waals surface area contributed by atoms with E-state index < -0.39 is 23.7 Å². The van der Waals surface area contributed by atoms with Gasteiger partial charge in [0.2, 0.25) is 0 Å². The van der Waals surface area contributed by atoms with Crippen LogP contribution in [0, 0.1) is 11.6 Å². The van der Waals surface area contributed by atoms with E-state index in [0.29, 0.717) is 0 Å². The SMILES string of the molecule is CC(COC(=O)c1ccc(F)c(F)c1)OC=O. The largest absolute Gasteiger partial charge is 0.461 e. The fourth-order valence-electron chi connectivity index (χ4n) is 1.03. The van der Waals surface area contributed by atoms with Gasteiger partial charge in [0.25, 0.3) is 6.47 Å². The Morgan fingerprint density at radius 3 is 2.71 bits per heavy atom. The van der Waals surface area contributed by atoms with E-state index in [-0.39, 0.29) is 18.6 Å². The molecule has 0 bridgehead atoms. The zero-order valence-electron chi connectivity index (χ0n) is 8.98. The van der Waals surface area contributed by atoms with Gasteiger partial charge in [-0.25, -0.2) is 13.6 Å².